The molecule has 0 spiro atoms. The zero-order valence-corrected chi connectivity index (χ0v) is 15.2. The first-order valence-electron chi connectivity index (χ1n) is 8.74. The van der Waals surface area contributed by atoms with Gasteiger partial charge in [0.2, 0.25) is 0 Å². The molecule has 0 saturated carbocycles. The number of likely N-dealkylation sites (tertiary alicyclic amines) is 1. The van der Waals surface area contributed by atoms with Crippen molar-refractivity contribution in [1.29, 1.82) is 0 Å². The molecule has 25 heavy (non-hydrogen) atoms. The Kier molecular flexibility index (Phi) is 5.38. The molecule has 0 unspecified atom stereocenters. The standard InChI is InChI=1S/C19H26N4O2/c1-20-19(24)18-8-7-16(22(18)2)17-6-4-5-11-23(17)13-14-12-15(25-3)9-10-21-14/h7-10,12,17H,4-6,11,13H2,1-3H3,(H,20,24)/t17-/m0/s1. The normalized spacial score (nSPS) is 18.1. The molecule has 0 aromatic carbocycles. The number of pyridine rings is 1. The third-order valence-corrected chi connectivity index (χ3v) is 4.96. The maximum atomic E-state index is 12.0. The van der Waals surface area contributed by atoms with Crippen LogP contribution >= 0.6 is 0 Å². The highest BCUT2D eigenvalue weighted by Gasteiger charge is 2.27. The van der Waals surface area contributed by atoms with Crippen LogP contribution in [0.5, 0.6) is 5.75 Å². The van der Waals surface area contributed by atoms with E-state index in [2.05, 4.69) is 21.3 Å². The van der Waals surface area contributed by atoms with E-state index < -0.39 is 0 Å². The number of piperidine rings is 1. The molecular weight excluding hydrogens is 316 g/mol. The van der Waals surface area contributed by atoms with E-state index in [0.29, 0.717) is 11.7 Å². The molecule has 1 aliphatic heterocycles. The molecule has 134 valence electrons. The van der Waals surface area contributed by atoms with Crippen molar-refractivity contribution in [3.63, 3.8) is 0 Å². The number of hydrogen-bond donors (Lipinski definition) is 1. The maximum Gasteiger partial charge on any atom is 0.267 e. The van der Waals surface area contributed by atoms with Crippen LogP contribution in [0.1, 0.15) is 47.2 Å². The van der Waals surface area contributed by atoms with Crippen LogP contribution in [0.25, 0.3) is 0 Å². The fraction of sp³-hybridized carbons (Fsp3) is 0.474. The van der Waals surface area contributed by atoms with Gasteiger partial charge >= 0.3 is 0 Å². The third-order valence-electron chi connectivity index (χ3n) is 4.96. The van der Waals surface area contributed by atoms with E-state index in [9.17, 15) is 4.79 Å². The predicted octanol–water partition coefficient (Wildman–Crippen LogP) is 2.52. The number of nitrogens with one attached hydrogen (secondary N) is 1. The second-order valence-electron chi connectivity index (χ2n) is 6.45. The van der Waals surface area contributed by atoms with Gasteiger partial charge in [-0.15, -0.1) is 0 Å². The van der Waals surface area contributed by atoms with Crippen molar-refractivity contribution in [2.45, 2.75) is 31.8 Å². The van der Waals surface area contributed by atoms with Crippen molar-refractivity contribution < 1.29 is 9.53 Å². The van der Waals surface area contributed by atoms with Gasteiger partial charge in [0.1, 0.15) is 11.4 Å². The Bertz CT molecular complexity index is 741. The molecule has 3 heterocycles. The van der Waals surface area contributed by atoms with Crippen LogP contribution < -0.4 is 10.1 Å². The molecule has 0 bridgehead atoms. The maximum absolute atomic E-state index is 12.0. The summed E-state index contributed by atoms with van der Waals surface area (Å²) in [5.74, 6) is 0.782. The van der Waals surface area contributed by atoms with Crippen molar-refractivity contribution in [2.75, 3.05) is 20.7 Å². The van der Waals surface area contributed by atoms with Gasteiger partial charge in [-0.05, 0) is 37.6 Å². The van der Waals surface area contributed by atoms with E-state index in [-0.39, 0.29) is 5.91 Å². The molecule has 1 atom stereocenters. The highest BCUT2D eigenvalue weighted by molar-refractivity contribution is 5.92. The first-order valence-corrected chi connectivity index (χ1v) is 8.74. The van der Waals surface area contributed by atoms with Gasteiger partial charge in [0.15, 0.2) is 0 Å². The predicted molar refractivity (Wildman–Crippen MR) is 96.6 cm³/mol. The Labute approximate surface area is 148 Å². The summed E-state index contributed by atoms with van der Waals surface area (Å²) in [7, 11) is 5.31. The molecule has 1 fully saturated rings. The molecule has 2 aromatic rings. The van der Waals surface area contributed by atoms with E-state index in [1.54, 1.807) is 20.4 Å². The number of carbonyl (C=O) groups excluding carboxylic acids is 1. The first kappa shape index (κ1) is 17.5. The van der Waals surface area contributed by atoms with Crippen molar-refractivity contribution in [2.24, 2.45) is 7.05 Å². The van der Waals surface area contributed by atoms with Crippen molar-refractivity contribution in [3.05, 3.63) is 47.5 Å². The van der Waals surface area contributed by atoms with Gasteiger partial charge in [0.25, 0.3) is 5.91 Å². The van der Waals surface area contributed by atoms with E-state index in [4.69, 9.17) is 4.74 Å². The van der Waals surface area contributed by atoms with Crippen LogP contribution in [-0.4, -0.2) is 41.1 Å². The molecule has 2 aromatic heterocycles. The first-order chi connectivity index (χ1) is 12.1. The average Bonchev–Trinajstić information content (AvgIpc) is 3.03. The second-order valence-corrected chi connectivity index (χ2v) is 6.45. The molecule has 1 amide bonds. The van der Waals surface area contributed by atoms with E-state index in [1.807, 2.05) is 29.8 Å². The summed E-state index contributed by atoms with van der Waals surface area (Å²) >= 11 is 0. The Balaban J connectivity index is 1.84. The molecule has 0 radical (unpaired) electrons. The van der Waals surface area contributed by atoms with Crippen LogP contribution in [0.3, 0.4) is 0 Å². The van der Waals surface area contributed by atoms with Gasteiger partial charge in [-0.1, -0.05) is 6.42 Å². The highest BCUT2D eigenvalue weighted by atomic mass is 16.5. The van der Waals surface area contributed by atoms with Crippen molar-refractivity contribution in [1.82, 2.24) is 19.8 Å². The quantitative estimate of drug-likeness (QED) is 0.907. The monoisotopic (exact) mass is 342 g/mol. The largest absolute Gasteiger partial charge is 0.497 e. The molecule has 1 aliphatic rings. The van der Waals surface area contributed by atoms with Gasteiger partial charge in [-0.3, -0.25) is 14.7 Å². The topological polar surface area (TPSA) is 59.4 Å². The Hall–Kier alpha value is -2.34. The van der Waals surface area contributed by atoms with E-state index >= 15 is 0 Å². The summed E-state index contributed by atoms with van der Waals surface area (Å²) in [6.45, 7) is 1.81. The number of ether oxygens (including phenoxy) is 1. The number of methoxy groups -OCH3 is 1. The summed E-state index contributed by atoms with van der Waals surface area (Å²) in [6, 6.07) is 8.14. The highest BCUT2D eigenvalue weighted by Crippen LogP contribution is 2.33. The van der Waals surface area contributed by atoms with Gasteiger partial charge in [0.05, 0.1) is 18.8 Å². The van der Waals surface area contributed by atoms with Crippen molar-refractivity contribution in [3.8, 4) is 5.75 Å². The van der Waals surface area contributed by atoms with Crippen LogP contribution in [0, 0.1) is 0 Å². The van der Waals surface area contributed by atoms with Crippen LogP contribution in [0.2, 0.25) is 0 Å². The van der Waals surface area contributed by atoms with Gasteiger partial charge in [-0.25, -0.2) is 0 Å². The Morgan fingerprint density at radius 3 is 2.96 bits per heavy atom. The van der Waals surface area contributed by atoms with Crippen LogP contribution in [0.4, 0.5) is 0 Å². The van der Waals surface area contributed by atoms with E-state index in [0.717, 1.165) is 31.0 Å². The minimum absolute atomic E-state index is 0.0504. The summed E-state index contributed by atoms with van der Waals surface area (Å²) in [5, 5.41) is 2.70. The van der Waals surface area contributed by atoms with E-state index in [1.165, 1.54) is 18.5 Å². The zero-order valence-electron chi connectivity index (χ0n) is 15.2. The van der Waals surface area contributed by atoms with Crippen LogP contribution in [0.15, 0.2) is 30.5 Å². The summed E-state index contributed by atoms with van der Waals surface area (Å²) < 4.78 is 7.32. The number of nitrogens with zero attached hydrogens (tertiary/aromatic N) is 3. The second kappa shape index (κ2) is 7.70. The smallest absolute Gasteiger partial charge is 0.267 e. The fourth-order valence-electron chi connectivity index (χ4n) is 3.61. The summed E-state index contributed by atoms with van der Waals surface area (Å²) in [5.41, 5.74) is 2.88. The third kappa shape index (κ3) is 3.69. The lowest BCUT2D eigenvalue weighted by molar-refractivity contribution is 0.0952. The van der Waals surface area contributed by atoms with Crippen molar-refractivity contribution >= 4 is 5.91 Å². The molecule has 3 rings (SSSR count). The molecule has 1 N–H and O–H groups in total. The molecule has 1 saturated heterocycles. The average molecular weight is 342 g/mol. The lowest BCUT2D eigenvalue weighted by Gasteiger charge is -2.36. The summed E-state index contributed by atoms with van der Waals surface area (Å²) in [6.07, 6.45) is 5.27. The van der Waals surface area contributed by atoms with Gasteiger partial charge in [-0.2, -0.15) is 0 Å². The molecule has 6 heteroatoms. The number of amides is 1. The molecular formula is C19H26N4O2. The number of carbonyl (C=O) groups is 1. The fourth-order valence-corrected chi connectivity index (χ4v) is 3.61. The molecule has 0 aliphatic carbocycles. The SMILES string of the molecule is CNC(=O)c1ccc([C@@H]2CCCCN2Cc2cc(OC)ccn2)n1C. The van der Waals surface area contributed by atoms with Crippen LogP contribution in [-0.2, 0) is 13.6 Å². The Morgan fingerprint density at radius 2 is 2.20 bits per heavy atom. The van der Waals surface area contributed by atoms with Gasteiger partial charge < -0.3 is 14.6 Å². The lowest BCUT2D eigenvalue weighted by atomic mass is 9.99. The minimum Gasteiger partial charge on any atom is -0.497 e. The Morgan fingerprint density at radius 1 is 1.36 bits per heavy atom. The minimum atomic E-state index is -0.0504. The lowest BCUT2D eigenvalue weighted by Crippen LogP contribution is -2.34. The molecule has 6 nitrogen and oxygen atoms in total. The number of hydrogen-bond acceptors (Lipinski definition) is 4. The number of aromatic nitrogens is 2. The van der Waals surface area contributed by atoms with Gasteiger partial charge in [0, 0.05) is 38.6 Å². The number of rotatable bonds is 5. The summed E-state index contributed by atoms with van der Waals surface area (Å²) in [4.78, 5) is 18.9. The zero-order chi connectivity index (χ0) is 17.8.